The van der Waals surface area contributed by atoms with E-state index in [1.165, 1.54) is 11.1 Å². The number of benzene rings is 2. The number of anilines is 1. The summed E-state index contributed by atoms with van der Waals surface area (Å²) in [5.41, 5.74) is 13.8. The van der Waals surface area contributed by atoms with Crippen LogP contribution in [0.25, 0.3) is 22.0 Å². The van der Waals surface area contributed by atoms with E-state index in [2.05, 4.69) is 38.1 Å². The second-order valence-corrected chi connectivity index (χ2v) is 6.74. The third kappa shape index (κ3) is 2.37. The van der Waals surface area contributed by atoms with Crippen LogP contribution >= 0.6 is 0 Å². The van der Waals surface area contributed by atoms with Crippen molar-refractivity contribution in [2.24, 2.45) is 0 Å². The van der Waals surface area contributed by atoms with Crippen molar-refractivity contribution in [3.8, 4) is 11.1 Å². The van der Waals surface area contributed by atoms with E-state index < -0.39 is 0 Å². The number of rotatable bonds is 2. The summed E-state index contributed by atoms with van der Waals surface area (Å²) in [7, 11) is 0. The average molecular weight is 331 g/mol. The van der Waals surface area contributed by atoms with Crippen molar-refractivity contribution in [1.82, 2.24) is 9.88 Å². The maximum atomic E-state index is 12.5. The number of aryl methyl sites for hydroxylation is 2. The predicted octanol–water partition coefficient (Wildman–Crippen LogP) is 4.08. The fraction of sp³-hybridized carbons (Fsp3) is 0.238. The molecular formula is C21H21N3O. The van der Waals surface area contributed by atoms with Crippen LogP contribution in [-0.2, 0) is 6.54 Å². The second-order valence-electron chi connectivity index (χ2n) is 6.74. The zero-order chi connectivity index (χ0) is 17.7. The van der Waals surface area contributed by atoms with Crippen LogP contribution in [0.1, 0.15) is 34.1 Å². The van der Waals surface area contributed by atoms with Crippen molar-refractivity contribution in [1.29, 1.82) is 0 Å². The molecule has 0 bridgehead atoms. The molecule has 1 aromatic heterocycles. The number of nitrogens with zero attached hydrogens (tertiary/aromatic N) is 2. The van der Waals surface area contributed by atoms with Crippen molar-refractivity contribution in [2.45, 2.75) is 27.3 Å². The molecule has 1 aliphatic heterocycles. The Bertz CT molecular complexity index is 1000. The number of carbonyl (C=O) groups excluding carboxylic acids is 1. The Morgan fingerprint density at radius 3 is 2.56 bits per heavy atom. The van der Waals surface area contributed by atoms with Crippen LogP contribution in [0, 0.1) is 13.8 Å². The number of aromatic nitrogens is 1. The molecule has 1 amide bonds. The third-order valence-electron chi connectivity index (χ3n) is 4.89. The van der Waals surface area contributed by atoms with E-state index in [1.54, 1.807) is 4.90 Å². The first-order valence-corrected chi connectivity index (χ1v) is 8.58. The Kier molecular flexibility index (Phi) is 3.49. The number of nitrogens with two attached hydrogens (primary N) is 1. The van der Waals surface area contributed by atoms with E-state index in [-0.39, 0.29) is 5.91 Å². The summed E-state index contributed by atoms with van der Waals surface area (Å²) < 4.78 is 0. The first-order chi connectivity index (χ1) is 12.0. The first kappa shape index (κ1) is 15.6. The Labute approximate surface area is 147 Å². The first-order valence-electron chi connectivity index (χ1n) is 8.58. The van der Waals surface area contributed by atoms with Crippen molar-refractivity contribution < 1.29 is 4.79 Å². The van der Waals surface area contributed by atoms with Crippen molar-refractivity contribution in [2.75, 3.05) is 12.3 Å². The minimum atomic E-state index is -0.0128. The summed E-state index contributed by atoms with van der Waals surface area (Å²) in [6.07, 6.45) is 0. The fourth-order valence-electron chi connectivity index (χ4n) is 3.74. The highest BCUT2D eigenvalue weighted by Crippen LogP contribution is 2.36. The standard InChI is InChI=1S/C21H21N3O/c1-4-24-11-17-18(21(24)25)19(22)16-7-5-6-15(20(16)23-17)14-9-12(2)8-13(3)10-14/h5-10H,4,11H2,1-3H3,(H2,22,23). The SMILES string of the molecule is CCN1Cc2nc3c(-c4cc(C)cc(C)c4)cccc3c(N)c2C1=O. The summed E-state index contributed by atoms with van der Waals surface area (Å²) >= 11 is 0. The smallest absolute Gasteiger partial charge is 0.258 e. The summed E-state index contributed by atoms with van der Waals surface area (Å²) in [6, 6.07) is 12.5. The summed E-state index contributed by atoms with van der Waals surface area (Å²) in [5, 5.41) is 0.849. The molecule has 0 spiro atoms. The van der Waals surface area contributed by atoms with Crippen LogP contribution in [0.4, 0.5) is 5.69 Å². The van der Waals surface area contributed by atoms with Gasteiger partial charge in [0.15, 0.2) is 0 Å². The van der Waals surface area contributed by atoms with Gasteiger partial charge in [0, 0.05) is 17.5 Å². The zero-order valence-electron chi connectivity index (χ0n) is 14.8. The number of nitrogen functional groups attached to an aromatic ring is 1. The minimum absolute atomic E-state index is 0.0128. The average Bonchev–Trinajstić information content (AvgIpc) is 2.90. The number of para-hydroxylation sites is 1. The van der Waals surface area contributed by atoms with Crippen molar-refractivity contribution in [3.63, 3.8) is 0 Å². The van der Waals surface area contributed by atoms with Crippen LogP contribution < -0.4 is 5.73 Å². The number of hydrogen-bond acceptors (Lipinski definition) is 3. The van der Waals surface area contributed by atoms with Gasteiger partial charge >= 0.3 is 0 Å². The van der Waals surface area contributed by atoms with E-state index in [9.17, 15) is 4.79 Å². The number of pyridine rings is 1. The van der Waals surface area contributed by atoms with Crippen LogP contribution in [-0.4, -0.2) is 22.3 Å². The molecule has 0 saturated carbocycles. The molecule has 1 aliphatic rings. The summed E-state index contributed by atoms with van der Waals surface area (Å²) in [5.74, 6) is -0.0128. The Hall–Kier alpha value is -2.88. The quantitative estimate of drug-likeness (QED) is 0.770. The molecule has 4 heteroatoms. The highest BCUT2D eigenvalue weighted by molar-refractivity contribution is 6.11. The number of hydrogen-bond donors (Lipinski definition) is 1. The molecule has 0 unspecified atom stereocenters. The maximum absolute atomic E-state index is 12.5. The van der Waals surface area contributed by atoms with Crippen molar-refractivity contribution >= 4 is 22.5 Å². The lowest BCUT2D eigenvalue weighted by Crippen LogP contribution is -2.23. The van der Waals surface area contributed by atoms with Gasteiger partial charge in [0.1, 0.15) is 0 Å². The molecule has 0 saturated heterocycles. The monoisotopic (exact) mass is 331 g/mol. The lowest BCUT2D eigenvalue weighted by atomic mass is 9.96. The maximum Gasteiger partial charge on any atom is 0.258 e. The summed E-state index contributed by atoms with van der Waals surface area (Å²) in [6.45, 7) is 7.36. The van der Waals surface area contributed by atoms with Gasteiger partial charge in [-0.05, 0) is 26.3 Å². The molecule has 2 heterocycles. The number of carbonyl (C=O) groups is 1. The highest BCUT2D eigenvalue weighted by atomic mass is 16.2. The van der Waals surface area contributed by atoms with E-state index in [1.807, 2.05) is 19.1 Å². The molecular weight excluding hydrogens is 310 g/mol. The molecule has 0 fully saturated rings. The fourth-order valence-corrected chi connectivity index (χ4v) is 3.74. The van der Waals surface area contributed by atoms with Gasteiger partial charge in [-0.1, -0.05) is 47.5 Å². The Morgan fingerprint density at radius 1 is 1.16 bits per heavy atom. The van der Waals surface area contributed by atoms with Crippen LogP contribution in [0.5, 0.6) is 0 Å². The van der Waals surface area contributed by atoms with E-state index >= 15 is 0 Å². The molecule has 126 valence electrons. The topological polar surface area (TPSA) is 59.2 Å². The van der Waals surface area contributed by atoms with Gasteiger partial charge in [0.2, 0.25) is 0 Å². The highest BCUT2D eigenvalue weighted by Gasteiger charge is 2.31. The van der Waals surface area contributed by atoms with Gasteiger partial charge in [-0.25, -0.2) is 4.98 Å². The van der Waals surface area contributed by atoms with Crippen LogP contribution in [0.15, 0.2) is 36.4 Å². The van der Waals surface area contributed by atoms with E-state index in [4.69, 9.17) is 10.7 Å². The van der Waals surface area contributed by atoms with Gasteiger partial charge in [-0.15, -0.1) is 0 Å². The second kappa shape index (κ2) is 5.59. The Morgan fingerprint density at radius 2 is 1.88 bits per heavy atom. The molecule has 3 aromatic rings. The molecule has 2 N–H and O–H groups in total. The van der Waals surface area contributed by atoms with E-state index in [0.717, 1.165) is 27.7 Å². The Balaban J connectivity index is 2.01. The van der Waals surface area contributed by atoms with Gasteiger partial charge < -0.3 is 10.6 Å². The number of amides is 1. The molecule has 0 radical (unpaired) electrons. The largest absolute Gasteiger partial charge is 0.397 e. The third-order valence-corrected chi connectivity index (χ3v) is 4.89. The number of fused-ring (bicyclic) bond motifs is 2. The zero-order valence-corrected chi connectivity index (χ0v) is 14.8. The summed E-state index contributed by atoms with van der Waals surface area (Å²) in [4.78, 5) is 19.2. The van der Waals surface area contributed by atoms with Gasteiger partial charge in [0.05, 0.1) is 29.0 Å². The lowest BCUT2D eigenvalue weighted by Gasteiger charge is -2.12. The van der Waals surface area contributed by atoms with Gasteiger partial charge in [-0.2, -0.15) is 0 Å². The van der Waals surface area contributed by atoms with Crippen LogP contribution in [0.2, 0.25) is 0 Å². The molecule has 4 rings (SSSR count). The normalized spacial score (nSPS) is 13.6. The minimum Gasteiger partial charge on any atom is -0.397 e. The van der Waals surface area contributed by atoms with Gasteiger partial charge in [0.25, 0.3) is 5.91 Å². The lowest BCUT2D eigenvalue weighted by molar-refractivity contribution is 0.0787. The van der Waals surface area contributed by atoms with E-state index in [0.29, 0.717) is 24.3 Å². The van der Waals surface area contributed by atoms with Gasteiger partial charge in [-0.3, -0.25) is 4.79 Å². The van der Waals surface area contributed by atoms with Crippen LogP contribution in [0.3, 0.4) is 0 Å². The molecule has 0 aliphatic carbocycles. The molecule has 2 aromatic carbocycles. The molecule has 25 heavy (non-hydrogen) atoms. The predicted molar refractivity (Wildman–Crippen MR) is 101 cm³/mol. The molecule has 0 atom stereocenters. The van der Waals surface area contributed by atoms with Crippen molar-refractivity contribution in [3.05, 3.63) is 58.8 Å². The molecule has 4 nitrogen and oxygen atoms in total.